The highest BCUT2D eigenvalue weighted by Gasteiger charge is 2.17. The van der Waals surface area contributed by atoms with E-state index in [9.17, 15) is 9.18 Å². The van der Waals surface area contributed by atoms with Gasteiger partial charge in [0.2, 0.25) is 0 Å². The van der Waals surface area contributed by atoms with Crippen molar-refractivity contribution in [3.63, 3.8) is 0 Å². The number of benzene rings is 1. The first-order valence-electron chi connectivity index (χ1n) is 7.85. The van der Waals surface area contributed by atoms with Gasteiger partial charge < -0.3 is 9.84 Å². The number of carbonyl (C=O) groups is 1. The summed E-state index contributed by atoms with van der Waals surface area (Å²) >= 11 is 0. The summed E-state index contributed by atoms with van der Waals surface area (Å²) in [6.07, 6.45) is 1.54. The number of aromatic nitrogens is 4. The number of hydrogen-bond donors (Lipinski definition) is 1. The van der Waals surface area contributed by atoms with Crippen LogP contribution in [0.1, 0.15) is 16.2 Å². The third-order valence-electron chi connectivity index (χ3n) is 4.00. The van der Waals surface area contributed by atoms with E-state index >= 15 is 0 Å². The van der Waals surface area contributed by atoms with Gasteiger partial charge in [0.15, 0.2) is 17.1 Å². The Morgan fingerprint density at radius 3 is 2.88 bits per heavy atom. The molecule has 8 heteroatoms. The van der Waals surface area contributed by atoms with Gasteiger partial charge in [0.05, 0.1) is 23.1 Å². The van der Waals surface area contributed by atoms with Gasteiger partial charge in [0.1, 0.15) is 5.82 Å². The van der Waals surface area contributed by atoms with E-state index < -0.39 is 11.7 Å². The number of carbonyl (C=O) groups excluding carboxylic acids is 1. The maximum absolute atomic E-state index is 13.8. The van der Waals surface area contributed by atoms with Crippen LogP contribution in [0.3, 0.4) is 0 Å². The number of aryl methyl sites for hydroxylation is 2. The molecule has 0 bridgehead atoms. The minimum absolute atomic E-state index is 0.0475. The minimum atomic E-state index is -0.473. The molecular formula is C18H14FN5O2. The standard InChI is InChI=1S/C18H14FN5O2/c1-10-13-7-11(9-20-17(13)24(2)22-10)21-18(25)15-8-16(26-23-15)12-5-3-4-6-14(12)19/h3-9H,1-2H3,(H,21,25). The molecule has 4 rings (SSSR count). The van der Waals surface area contributed by atoms with E-state index in [2.05, 4.69) is 20.6 Å². The zero-order valence-electron chi connectivity index (χ0n) is 14.0. The SMILES string of the molecule is Cc1nn(C)c2ncc(NC(=O)c3cc(-c4ccccc4F)on3)cc12. The lowest BCUT2D eigenvalue weighted by Gasteiger charge is -2.02. The maximum atomic E-state index is 13.8. The number of anilines is 1. The minimum Gasteiger partial charge on any atom is -0.355 e. The van der Waals surface area contributed by atoms with Gasteiger partial charge in [-0.05, 0) is 25.1 Å². The molecule has 3 heterocycles. The molecule has 0 aliphatic heterocycles. The number of amides is 1. The number of fused-ring (bicyclic) bond motifs is 1. The molecule has 7 nitrogen and oxygen atoms in total. The molecule has 0 radical (unpaired) electrons. The average molecular weight is 351 g/mol. The van der Waals surface area contributed by atoms with Crippen molar-refractivity contribution in [2.24, 2.45) is 7.05 Å². The Kier molecular flexibility index (Phi) is 3.72. The zero-order chi connectivity index (χ0) is 18.3. The topological polar surface area (TPSA) is 85.8 Å². The van der Waals surface area contributed by atoms with E-state index in [0.717, 1.165) is 16.7 Å². The van der Waals surface area contributed by atoms with Gasteiger partial charge in [0, 0.05) is 18.5 Å². The lowest BCUT2D eigenvalue weighted by molar-refractivity contribution is 0.101. The first-order chi connectivity index (χ1) is 12.5. The smallest absolute Gasteiger partial charge is 0.277 e. The molecule has 3 aromatic heterocycles. The van der Waals surface area contributed by atoms with Crippen LogP contribution in [0.5, 0.6) is 0 Å². The Balaban J connectivity index is 1.59. The van der Waals surface area contributed by atoms with Crippen molar-refractivity contribution >= 4 is 22.6 Å². The highest BCUT2D eigenvalue weighted by Crippen LogP contribution is 2.24. The molecule has 0 spiro atoms. The van der Waals surface area contributed by atoms with E-state index in [4.69, 9.17) is 4.52 Å². The van der Waals surface area contributed by atoms with Crippen LogP contribution >= 0.6 is 0 Å². The number of pyridine rings is 1. The van der Waals surface area contributed by atoms with Crippen LogP contribution < -0.4 is 5.32 Å². The Labute approximate surface area is 147 Å². The van der Waals surface area contributed by atoms with E-state index in [1.165, 1.54) is 12.1 Å². The largest absolute Gasteiger partial charge is 0.355 e. The predicted octanol–water partition coefficient (Wildman–Crippen LogP) is 3.32. The monoisotopic (exact) mass is 351 g/mol. The van der Waals surface area contributed by atoms with Gasteiger partial charge in [-0.1, -0.05) is 17.3 Å². The molecule has 0 aliphatic carbocycles. The van der Waals surface area contributed by atoms with Crippen molar-refractivity contribution in [3.8, 4) is 11.3 Å². The first-order valence-corrected chi connectivity index (χ1v) is 7.85. The first kappa shape index (κ1) is 15.9. The molecule has 0 aliphatic rings. The lowest BCUT2D eigenvalue weighted by Crippen LogP contribution is -2.12. The molecule has 4 aromatic rings. The second-order valence-corrected chi connectivity index (χ2v) is 5.81. The molecule has 1 amide bonds. The second-order valence-electron chi connectivity index (χ2n) is 5.81. The molecular weight excluding hydrogens is 337 g/mol. The summed E-state index contributed by atoms with van der Waals surface area (Å²) in [6, 6.07) is 9.31. The quantitative estimate of drug-likeness (QED) is 0.612. The summed E-state index contributed by atoms with van der Waals surface area (Å²) in [5.74, 6) is -0.735. The van der Waals surface area contributed by atoms with Crippen molar-refractivity contribution in [2.45, 2.75) is 6.92 Å². The van der Waals surface area contributed by atoms with E-state index in [1.54, 1.807) is 42.2 Å². The van der Waals surface area contributed by atoms with Gasteiger partial charge in [-0.2, -0.15) is 5.10 Å². The van der Waals surface area contributed by atoms with Gasteiger partial charge in [0.25, 0.3) is 5.91 Å². The number of halogens is 1. The molecule has 0 saturated heterocycles. The summed E-state index contributed by atoms with van der Waals surface area (Å²) in [4.78, 5) is 16.7. The summed E-state index contributed by atoms with van der Waals surface area (Å²) < 4.78 is 20.6. The van der Waals surface area contributed by atoms with E-state index in [-0.39, 0.29) is 17.0 Å². The molecule has 0 unspecified atom stereocenters. The molecule has 0 atom stereocenters. The van der Waals surface area contributed by atoms with Gasteiger partial charge >= 0.3 is 0 Å². The fraction of sp³-hybridized carbons (Fsp3) is 0.111. The van der Waals surface area contributed by atoms with Crippen molar-refractivity contribution in [1.82, 2.24) is 19.9 Å². The third-order valence-corrected chi connectivity index (χ3v) is 4.00. The number of nitrogens with zero attached hydrogens (tertiary/aromatic N) is 4. The molecule has 1 aromatic carbocycles. The lowest BCUT2D eigenvalue weighted by atomic mass is 10.1. The van der Waals surface area contributed by atoms with Crippen molar-refractivity contribution in [2.75, 3.05) is 5.32 Å². The summed E-state index contributed by atoms with van der Waals surface area (Å²) in [6.45, 7) is 1.87. The van der Waals surface area contributed by atoms with Crippen LogP contribution in [-0.4, -0.2) is 25.8 Å². The number of nitrogens with one attached hydrogen (secondary N) is 1. The Morgan fingerprint density at radius 2 is 2.08 bits per heavy atom. The molecule has 0 fully saturated rings. The molecule has 130 valence electrons. The van der Waals surface area contributed by atoms with Crippen LogP contribution in [-0.2, 0) is 7.05 Å². The summed E-state index contributed by atoms with van der Waals surface area (Å²) in [7, 11) is 1.81. The molecule has 26 heavy (non-hydrogen) atoms. The fourth-order valence-corrected chi connectivity index (χ4v) is 2.74. The van der Waals surface area contributed by atoms with Crippen molar-refractivity contribution in [1.29, 1.82) is 0 Å². The predicted molar refractivity (Wildman–Crippen MR) is 93.1 cm³/mol. The number of rotatable bonds is 3. The van der Waals surface area contributed by atoms with E-state index in [0.29, 0.717) is 5.69 Å². The van der Waals surface area contributed by atoms with E-state index in [1.807, 2.05) is 6.92 Å². The molecule has 1 N–H and O–H groups in total. The third kappa shape index (κ3) is 2.71. The highest BCUT2D eigenvalue weighted by atomic mass is 19.1. The van der Waals surface area contributed by atoms with Crippen LogP contribution in [0.15, 0.2) is 47.1 Å². The molecule has 0 saturated carbocycles. The maximum Gasteiger partial charge on any atom is 0.277 e. The van der Waals surface area contributed by atoms with Gasteiger partial charge in [-0.25, -0.2) is 9.37 Å². The zero-order valence-corrected chi connectivity index (χ0v) is 14.0. The van der Waals surface area contributed by atoms with Crippen LogP contribution in [0, 0.1) is 12.7 Å². The Hall–Kier alpha value is -3.55. The Bertz CT molecular complexity index is 1130. The van der Waals surface area contributed by atoms with Gasteiger partial charge in [-0.15, -0.1) is 0 Å². The normalized spacial score (nSPS) is 11.0. The van der Waals surface area contributed by atoms with Crippen LogP contribution in [0.2, 0.25) is 0 Å². The average Bonchev–Trinajstić information content (AvgIpc) is 3.21. The summed E-state index contributed by atoms with van der Waals surface area (Å²) in [5, 5.41) is 11.6. The van der Waals surface area contributed by atoms with Crippen LogP contribution in [0.25, 0.3) is 22.4 Å². The fourth-order valence-electron chi connectivity index (χ4n) is 2.74. The summed E-state index contributed by atoms with van der Waals surface area (Å²) in [5.41, 5.74) is 2.34. The Morgan fingerprint density at radius 1 is 1.27 bits per heavy atom. The number of hydrogen-bond acceptors (Lipinski definition) is 5. The van der Waals surface area contributed by atoms with Gasteiger partial charge in [-0.3, -0.25) is 9.48 Å². The second kappa shape index (κ2) is 6.07. The highest BCUT2D eigenvalue weighted by molar-refractivity contribution is 6.04. The van der Waals surface area contributed by atoms with Crippen molar-refractivity contribution < 1.29 is 13.7 Å². The van der Waals surface area contributed by atoms with Crippen LogP contribution in [0.4, 0.5) is 10.1 Å². The van der Waals surface area contributed by atoms with Crippen molar-refractivity contribution in [3.05, 3.63) is 59.8 Å².